The lowest BCUT2D eigenvalue weighted by Crippen LogP contribution is -2.32. The van der Waals surface area contributed by atoms with Gasteiger partial charge in [0.25, 0.3) is 11.2 Å². The summed E-state index contributed by atoms with van der Waals surface area (Å²) in [5, 5.41) is 0. The molecule has 1 heterocycles. The number of pyridine rings is 1. The van der Waals surface area contributed by atoms with Crippen LogP contribution in [-0.2, 0) is 12.6 Å². The van der Waals surface area contributed by atoms with Crippen LogP contribution in [0.15, 0.2) is 82.8 Å². The molecule has 0 unspecified atom stereocenters. The summed E-state index contributed by atoms with van der Waals surface area (Å²) >= 11 is 0. The van der Waals surface area contributed by atoms with Crippen molar-refractivity contribution < 1.29 is 13.2 Å². The second-order valence-corrected chi connectivity index (χ2v) is 7.97. The number of hydrogen-bond acceptors (Lipinski definition) is 2. The van der Waals surface area contributed by atoms with Gasteiger partial charge in [-0.3, -0.25) is 10.2 Å². The van der Waals surface area contributed by atoms with Gasteiger partial charge in [-0.1, -0.05) is 60.7 Å². The first-order chi connectivity index (χ1) is 15.9. The van der Waals surface area contributed by atoms with Crippen LogP contribution in [0.5, 0.6) is 0 Å². The first-order valence-corrected chi connectivity index (χ1v) is 10.7. The molecule has 33 heavy (non-hydrogen) atoms. The molecule has 168 valence electrons. The molecule has 3 aromatic rings. The van der Waals surface area contributed by atoms with Crippen LogP contribution < -0.4 is 11.0 Å². The third-order valence-corrected chi connectivity index (χ3v) is 5.76. The topological polar surface area (TPSA) is 38.4 Å². The van der Waals surface area contributed by atoms with Crippen molar-refractivity contribution in [3.05, 3.63) is 111 Å². The van der Waals surface area contributed by atoms with Crippen LogP contribution in [-0.4, -0.2) is 4.68 Å². The van der Waals surface area contributed by atoms with Gasteiger partial charge in [0.15, 0.2) is 0 Å². The smallest absolute Gasteiger partial charge is 0.296 e. The molecule has 7 heteroatoms. The lowest BCUT2D eigenvalue weighted by molar-refractivity contribution is -0.136. The summed E-state index contributed by atoms with van der Waals surface area (Å²) in [6, 6.07) is 19.2. The summed E-state index contributed by atoms with van der Waals surface area (Å²) in [4.78, 5) is 16.1. The number of aromatic nitrogens is 1. The summed E-state index contributed by atoms with van der Waals surface area (Å²) in [7, 11) is 0. The monoisotopic (exact) mass is 449 g/mol. The minimum atomic E-state index is -4.82. The minimum absolute atomic E-state index is 0.0671. The molecule has 4 nitrogen and oxygen atoms in total. The average Bonchev–Trinajstić information content (AvgIpc) is 2.82. The van der Waals surface area contributed by atoms with Gasteiger partial charge in [0.2, 0.25) is 0 Å². The van der Waals surface area contributed by atoms with Gasteiger partial charge in [0.1, 0.15) is 0 Å². The van der Waals surface area contributed by atoms with E-state index in [-0.39, 0.29) is 5.69 Å². The van der Waals surface area contributed by atoms with E-state index in [4.69, 9.17) is 6.57 Å². The van der Waals surface area contributed by atoms with E-state index in [1.807, 2.05) is 30.3 Å². The van der Waals surface area contributed by atoms with Crippen LogP contribution in [0.4, 0.5) is 18.9 Å². The van der Waals surface area contributed by atoms with Crippen LogP contribution in [0.3, 0.4) is 0 Å². The van der Waals surface area contributed by atoms with Crippen molar-refractivity contribution in [2.24, 2.45) is 0 Å². The summed E-state index contributed by atoms with van der Waals surface area (Å²) in [5.74, 6) is 0. The SMILES string of the molecule is [C-]#[N+]c1c(C(F)(F)F)cc(-c2ccccc2)n(NC2=C(Cc3ccccc3)CCCC2)c1=O. The zero-order chi connectivity index (χ0) is 23.4. The quantitative estimate of drug-likeness (QED) is 0.440. The van der Waals surface area contributed by atoms with E-state index in [0.29, 0.717) is 18.4 Å². The number of benzene rings is 2. The fourth-order valence-corrected chi connectivity index (χ4v) is 4.13. The Bertz CT molecular complexity index is 1270. The van der Waals surface area contributed by atoms with E-state index in [0.717, 1.165) is 46.8 Å². The number of nitrogens with zero attached hydrogens (tertiary/aromatic N) is 2. The lowest BCUT2D eigenvalue weighted by atomic mass is 9.91. The Kier molecular flexibility index (Phi) is 6.36. The maximum absolute atomic E-state index is 13.7. The van der Waals surface area contributed by atoms with Gasteiger partial charge in [0.05, 0.1) is 17.8 Å². The van der Waals surface area contributed by atoms with E-state index in [9.17, 15) is 18.0 Å². The molecule has 0 bridgehead atoms. The van der Waals surface area contributed by atoms with Crippen molar-refractivity contribution in [1.29, 1.82) is 0 Å². The van der Waals surface area contributed by atoms with Crippen molar-refractivity contribution in [3.63, 3.8) is 0 Å². The van der Waals surface area contributed by atoms with Crippen molar-refractivity contribution in [2.45, 2.75) is 38.3 Å². The first kappa shape index (κ1) is 22.4. The molecule has 0 atom stereocenters. The van der Waals surface area contributed by atoms with Crippen LogP contribution in [0.25, 0.3) is 16.1 Å². The van der Waals surface area contributed by atoms with E-state index in [1.54, 1.807) is 30.3 Å². The van der Waals surface area contributed by atoms with Gasteiger partial charge >= 0.3 is 6.18 Å². The van der Waals surface area contributed by atoms with E-state index < -0.39 is 23.0 Å². The molecule has 1 aliphatic rings. The van der Waals surface area contributed by atoms with Gasteiger partial charge in [-0.05, 0) is 49.3 Å². The second kappa shape index (κ2) is 9.37. The third kappa shape index (κ3) is 4.85. The molecule has 0 radical (unpaired) electrons. The van der Waals surface area contributed by atoms with Crippen LogP contribution in [0.1, 0.15) is 36.8 Å². The largest absolute Gasteiger partial charge is 0.407 e. The second-order valence-electron chi connectivity index (χ2n) is 7.97. The zero-order valence-corrected chi connectivity index (χ0v) is 17.8. The number of alkyl halides is 3. The highest BCUT2D eigenvalue weighted by atomic mass is 19.4. The molecule has 1 N–H and O–H groups in total. The van der Waals surface area contributed by atoms with Crippen LogP contribution in [0.2, 0.25) is 0 Å². The fraction of sp³-hybridized carbons (Fsp3) is 0.231. The van der Waals surface area contributed by atoms with Crippen molar-refractivity contribution in [2.75, 3.05) is 5.43 Å². The van der Waals surface area contributed by atoms with Crippen molar-refractivity contribution >= 4 is 5.69 Å². The predicted molar refractivity (Wildman–Crippen MR) is 122 cm³/mol. The Morgan fingerprint density at radius 1 is 0.970 bits per heavy atom. The van der Waals surface area contributed by atoms with Gasteiger partial charge in [-0.25, -0.2) is 9.52 Å². The maximum Gasteiger partial charge on any atom is 0.407 e. The minimum Gasteiger partial charge on any atom is -0.296 e. The van der Waals surface area contributed by atoms with Gasteiger partial charge in [-0.15, -0.1) is 0 Å². The number of allylic oxidation sites excluding steroid dienone is 2. The Labute approximate surface area is 189 Å². The molecular formula is C26H22F3N3O. The highest BCUT2D eigenvalue weighted by Gasteiger charge is 2.36. The Morgan fingerprint density at radius 3 is 2.24 bits per heavy atom. The Balaban J connectivity index is 1.87. The number of halogens is 3. The predicted octanol–water partition coefficient (Wildman–Crippen LogP) is 6.70. The van der Waals surface area contributed by atoms with Crippen LogP contribution >= 0.6 is 0 Å². The number of hydrogen-bond donors (Lipinski definition) is 1. The van der Waals surface area contributed by atoms with E-state index >= 15 is 0 Å². The molecular weight excluding hydrogens is 427 g/mol. The van der Waals surface area contributed by atoms with E-state index in [1.165, 1.54) is 0 Å². The highest BCUT2D eigenvalue weighted by molar-refractivity contribution is 5.66. The summed E-state index contributed by atoms with van der Waals surface area (Å²) in [6.45, 7) is 7.26. The summed E-state index contributed by atoms with van der Waals surface area (Å²) in [5.41, 5.74) is 3.53. The molecule has 1 aromatic heterocycles. The molecule has 0 saturated heterocycles. The van der Waals surface area contributed by atoms with Crippen molar-refractivity contribution in [1.82, 2.24) is 4.68 Å². The normalized spacial score (nSPS) is 14.1. The van der Waals surface area contributed by atoms with Crippen LogP contribution in [0, 0.1) is 6.57 Å². The zero-order valence-electron chi connectivity index (χ0n) is 17.8. The average molecular weight is 449 g/mol. The molecule has 0 spiro atoms. The first-order valence-electron chi connectivity index (χ1n) is 10.7. The molecule has 0 aliphatic heterocycles. The molecule has 2 aromatic carbocycles. The number of nitrogens with one attached hydrogen (secondary N) is 1. The molecule has 0 amide bonds. The third-order valence-electron chi connectivity index (χ3n) is 5.76. The molecule has 1 aliphatic carbocycles. The number of rotatable bonds is 5. The fourth-order valence-electron chi connectivity index (χ4n) is 4.13. The molecule has 4 rings (SSSR count). The lowest BCUT2D eigenvalue weighted by Gasteiger charge is -2.25. The van der Waals surface area contributed by atoms with Crippen molar-refractivity contribution in [3.8, 4) is 11.3 Å². The van der Waals surface area contributed by atoms with Gasteiger partial charge in [-0.2, -0.15) is 13.2 Å². The molecule has 0 fully saturated rings. The summed E-state index contributed by atoms with van der Waals surface area (Å²) < 4.78 is 42.2. The highest BCUT2D eigenvalue weighted by Crippen LogP contribution is 2.37. The Morgan fingerprint density at radius 2 is 1.61 bits per heavy atom. The maximum atomic E-state index is 13.7. The Hall–Kier alpha value is -3.79. The standard InChI is InChI=1S/C26H22F3N3O/c1-30-24-21(26(27,28)29)17-23(19-12-6-3-7-13-19)32(25(24)33)31-22-15-9-8-14-20(22)16-18-10-4-2-5-11-18/h2-7,10-13,17,31H,8-9,14-16H2. The van der Waals surface area contributed by atoms with E-state index in [2.05, 4.69) is 10.3 Å². The molecule has 0 saturated carbocycles. The van der Waals surface area contributed by atoms with Gasteiger partial charge < -0.3 is 0 Å². The summed E-state index contributed by atoms with van der Waals surface area (Å²) in [6.07, 6.45) is -0.695. The van der Waals surface area contributed by atoms with Gasteiger partial charge in [0, 0.05) is 11.3 Å².